The van der Waals surface area contributed by atoms with Crippen molar-refractivity contribution in [2.24, 2.45) is 0 Å². The highest BCUT2D eigenvalue weighted by Gasteiger charge is 2.62. The van der Waals surface area contributed by atoms with Crippen LogP contribution in [0.1, 0.15) is 27.7 Å². The van der Waals surface area contributed by atoms with Crippen molar-refractivity contribution in [1.82, 2.24) is 0 Å². The summed E-state index contributed by atoms with van der Waals surface area (Å²) in [6.07, 6.45) is -0.235. The molecule has 1 aliphatic carbocycles. The maximum atomic E-state index is 6.00. The summed E-state index contributed by atoms with van der Waals surface area (Å²) in [5.41, 5.74) is 0. The van der Waals surface area contributed by atoms with Crippen molar-refractivity contribution in [1.29, 1.82) is 0 Å². The third-order valence-electron chi connectivity index (χ3n) is 3.58. The first-order chi connectivity index (χ1) is 8.20. The summed E-state index contributed by atoms with van der Waals surface area (Å²) in [5, 5.41) is 0. The summed E-state index contributed by atoms with van der Waals surface area (Å²) in [7, 11) is 0. The van der Waals surface area contributed by atoms with Crippen molar-refractivity contribution >= 4 is 31.9 Å². The molecule has 0 spiro atoms. The second kappa shape index (κ2) is 4.15. The lowest BCUT2D eigenvalue weighted by atomic mass is 9.89. The van der Waals surface area contributed by atoms with Crippen molar-refractivity contribution < 1.29 is 18.9 Å². The summed E-state index contributed by atoms with van der Waals surface area (Å²) in [4.78, 5) is 0.283. The third-order valence-corrected chi connectivity index (χ3v) is 6.47. The molecule has 1 saturated carbocycles. The van der Waals surface area contributed by atoms with E-state index in [9.17, 15) is 0 Å². The van der Waals surface area contributed by atoms with E-state index < -0.39 is 11.6 Å². The van der Waals surface area contributed by atoms with Gasteiger partial charge in [-0.1, -0.05) is 31.9 Å². The van der Waals surface area contributed by atoms with E-state index in [4.69, 9.17) is 18.9 Å². The summed E-state index contributed by atoms with van der Waals surface area (Å²) < 4.78 is 24.0. The molecule has 0 radical (unpaired) electrons. The number of ether oxygens (including phenoxy) is 4. The molecule has 4 nitrogen and oxygen atoms in total. The summed E-state index contributed by atoms with van der Waals surface area (Å²) >= 11 is 7.40. The lowest BCUT2D eigenvalue weighted by Crippen LogP contribution is -2.57. The number of rotatable bonds is 0. The molecule has 2 saturated heterocycles. The molecule has 3 aliphatic rings. The predicted octanol–water partition coefficient (Wildman–Crippen LogP) is 2.57. The highest BCUT2D eigenvalue weighted by molar-refractivity contribution is 9.12. The largest absolute Gasteiger partial charge is 0.343 e. The number of alkyl halides is 2. The second-order valence-electron chi connectivity index (χ2n) is 6.02. The van der Waals surface area contributed by atoms with Crippen LogP contribution in [0, 0.1) is 0 Å². The van der Waals surface area contributed by atoms with Crippen molar-refractivity contribution in [3.63, 3.8) is 0 Å². The number of hydrogen-bond donors (Lipinski definition) is 0. The number of fused-ring (bicyclic) bond motifs is 3. The highest BCUT2D eigenvalue weighted by atomic mass is 79.9. The molecule has 6 atom stereocenters. The normalized spacial score (nSPS) is 53.0. The predicted molar refractivity (Wildman–Crippen MR) is 73.1 cm³/mol. The Bertz CT molecular complexity index is 326. The highest BCUT2D eigenvalue weighted by Crippen LogP contribution is 2.48. The molecule has 0 unspecified atom stereocenters. The van der Waals surface area contributed by atoms with Crippen molar-refractivity contribution in [2.75, 3.05) is 0 Å². The van der Waals surface area contributed by atoms with Gasteiger partial charge in [-0.25, -0.2) is 0 Å². The van der Waals surface area contributed by atoms with Gasteiger partial charge in [-0.15, -0.1) is 0 Å². The zero-order chi connectivity index (χ0) is 13.3. The quantitative estimate of drug-likeness (QED) is 0.600. The average Bonchev–Trinajstić information content (AvgIpc) is 2.71. The van der Waals surface area contributed by atoms with Crippen LogP contribution in [-0.4, -0.2) is 45.6 Å². The maximum Gasteiger partial charge on any atom is 0.163 e. The molecule has 0 N–H and O–H groups in total. The zero-order valence-corrected chi connectivity index (χ0v) is 14.0. The Hall–Kier alpha value is 0.800. The molecule has 0 aromatic heterocycles. The molecule has 6 heteroatoms. The fourth-order valence-corrected chi connectivity index (χ4v) is 4.42. The van der Waals surface area contributed by atoms with E-state index in [2.05, 4.69) is 31.9 Å². The van der Waals surface area contributed by atoms with Crippen molar-refractivity contribution in [3.8, 4) is 0 Å². The van der Waals surface area contributed by atoms with E-state index in [1.165, 1.54) is 0 Å². The Morgan fingerprint density at radius 1 is 0.611 bits per heavy atom. The second-order valence-corrected chi connectivity index (χ2v) is 8.13. The molecule has 3 fully saturated rings. The van der Waals surface area contributed by atoms with Gasteiger partial charge in [-0.2, -0.15) is 0 Å². The standard InChI is InChI=1S/C12H18Br2O4/c1-11(2)15-7-5(13)6(14)8-10(9(7)17-11)18-12(3,4)16-8/h5-10H,1-4H3/t5-,6-,7+,8+,9+,10+/m0/s1. The fraction of sp³-hybridized carbons (Fsp3) is 1.00. The Kier molecular flexibility index (Phi) is 3.17. The number of hydrogen-bond acceptors (Lipinski definition) is 4. The van der Waals surface area contributed by atoms with Gasteiger partial charge in [0.2, 0.25) is 0 Å². The van der Waals surface area contributed by atoms with Gasteiger partial charge in [0.15, 0.2) is 11.6 Å². The molecule has 18 heavy (non-hydrogen) atoms. The Labute approximate surface area is 124 Å². The van der Waals surface area contributed by atoms with E-state index >= 15 is 0 Å². The molecule has 104 valence electrons. The molecule has 2 aliphatic heterocycles. The Balaban J connectivity index is 1.91. The lowest BCUT2D eigenvalue weighted by Gasteiger charge is -2.38. The topological polar surface area (TPSA) is 36.9 Å². The van der Waals surface area contributed by atoms with Crippen LogP contribution in [0.4, 0.5) is 0 Å². The first kappa shape index (κ1) is 13.8. The van der Waals surface area contributed by atoms with Crippen molar-refractivity contribution in [3.05, 3.63) is 0 Å². The Morgan fingerprint density at radius 2 is 0.889 bits per heavy atom. The summed E-state index contributed by atoms with van der Waals surface area (Å²) in [6.45, 7) is 7.74. The molecule has 0 bridgehead atoms. The molecular formula is C12H18Br2O4. The van der Waals surface area contributed by atoms with E-state index in [0.717, 1.165) is 0 Å². The molecule has 3 rings (SSSR count). The van der Waals surface area contributed by atoms with Crippen LogP contribution >= 0.6 is 31.9 Å². The smallest absolute Gasteiger partial charge is 0.163 e. The fourth-order valence-electron chi connectivity index (χ4n) is 3.00. The zero-order valence-electron chi connectivity index (χ0n) is 10.9. The molecule has 0 aromatic carbocycles. The number of halogens is 2. The molecule has 0 amide bonds. The first-order valence-corrected chi connectivity index (χ1v) is 8.03. The van der Waals surface area contributed by atoms with Crippen molar-refractivity contribution in [2.45, 2.75) is 73.3 Å². The summed E-state index contributed by atoms with van der Waals surface area (Å²) in [6, 6.07) is 0. The Morgan fingerprint density at radius 3 is 1.22 bits per heavy atom. The van der Waals surface area contributed by atoms with Crippen LogP contribution in [0.2, 0.25) is 0 Å². The monoisotopic (exact) mass is 384 g/mol. The van der Waals surface area contributed by atoms with E-state index in [1.54, 1.807) is 0 Å². The van der Waals surface area contributed by atoms with Gasteiger partial charge < -0.3 is 18.9 Å². The van der Waals surface area contributed by atoms with E-state index in [-0.39, 0.29) is 34.1 Å². The molecular weight excluding hydrogens is 368 g/mol. The van der Waals surface area contributed by atoms with Crippen LogP contribution in [0.3, 0.4) is 0 Å². The molecule has 0 aromatic rings. The first-order valence-electron chi connectivity index (χ1n) is 6.20. The van der Waals surface area contributed by atoms with Gasteiger partial charge in [-0.05, 0) is 27.7 Å². The minimum absolute atomic E-state index is 0.0249. The SMILES string of the molecule is CC1(C)O[C@H]2[C@@H]3OC(C)(C)O[C@@H]3[C@@H](Br)[C@H](Br)[C@H]2O1. The van der Waals surface area contributed by atoms with Gasteiger partial charge in [0, 0.05) is 0 Å². The van der Waals surface area contributed by atoms with E-state index in [1.807, 2.05) is 27.7 Å². The van der Waals surface area contributed by atoms with E-state index in [0.29, 0.717) is 0 Å². The average molecular weight is 386 g/mol. The molecule has 2 heterocycles. The van der Waals surface area contributed by atoms with Gasteiger partial charge >= 0.3 is 0 Å². The van der Waals surface area contributed by atoms with Gasteiger partial charge in [0.25, 0.3) is 0 Å². The van der Waals surface area contributed by atoms with Crippen LogP contribution in [0.5, 0.6) is 0 Å². The lowest BCUT2D eigenvalue weighted by molar-refractivity contribution is -0.175. The van der Waals surface area contributed by atoms with Gasteiger partial charge in [-0.3, -0.25) is 0 Å². The summed E-state index contributed by atoms with van der Waals surface area (Å²) in [5.74, 6) is -1.14. The minimum Gasteiger partial charge on any atom is -0.343 e. The van der Waals surface area contributed by atoms with Gasteiger partial charge in [0.1, 0.15) is 24.4 Å². The minimum atomic E-state index is -0.570. The maximum absolute atomic E-state index is 6.00. The van der Waals surface area contributed by atoms with Crippen LogP contribution < -0.4 is 0 Å². The van der Waals surface area contributed by atoms with Crippen LogP contribution in [-0.2, 0) is 18.9 Å². The van der Waals surface area contributed by atoms with Gasteiger partial charge in [0.05, 0.1) is 9.65 Å². The van der Waals surface area contributed by atoms with Crippen LogP contribution in [0.25, 0.3) is 0 Å². The third kappa shape index (κ3) is 2.09. The van der Waals surface area contributed by atoms with Crippen LogP contribution in [0.15, 0.2) is 0 Å².